The number of carbonyl (C=O) groups is 1. The third kappa shape index (κ3) is 5.46. The van der Waals surface area contributed by atoms with Crippen LogP contribution in [0, 0.1) is 5.92 Å². The molecule has 152 valence electrons. The highest BCUT2D eigenvalue weighted by Crippen LogP contribution is 2.36. The minimum absolute atomic E-state index is 0.00852. The highest BCUT2D eigenvalue weighted by molar-refractivity contribution is 5.89. The molecule has 0 unspecified atom stereocenters. The van der Waals surface area contributed by atoms with E-state index in [2.05, 4.69) is 36.4 Å². The highest BCUT2D eigenvalue weighted by Gasteiger charge is 2.30. The Morgan fingerprint density at radius 2 is 1.50 bits per heavy atom. The van der Waals surface area contributed by atoms with Crippen molar-refractivity contribution in [2.24, 2.45) is 5.92 Å². The van der Waals surface area contributed by atoms with Gasteiger partial charge in [0.25, 0.3) is 0 Å². The first-order valence-electron chi connectivity index (χ1n) is 10.4. The average Bonchev–Trinajstić information content (AvgIpc) is 2.83. The molecule has 3 aromatic carbocycles. The molecule has 1 heterocycles. The Bertz CT molecular complexity index is 951. The van der Waals surface area contributed by atoms with Gasteiger partial charge in [-0.05, 0) is 42.0 Å². The first kappa shape index (κ1) is 20.1. The number of ether oxygens (including phenoxy) is 2. The maximum Gasteiger partial charge on any atom is 0.338 e. The minimum Gasteiger partial charge on any atom is -0.459 e. The predicted octanol–water partition coefficient (Wildman–Crippen LogP) is 6.09. The van der Waals surface area contributed by atoms with Crippen LogP contribution in [0.15, 0.2) is 97.1 Å². The molecule has 0 radical (unpaired) electrons. The molecular weight excluding hydrogens is 372 g/mol. The maximum atomic E-state index is 12.3. The van der Waals surface area contributed by atoms with Gasteiger partial charge in [0, 0.05) is 0 Å². The van der Waals surface area contributed by atoms with Crippen LogP contribution >= 0.6 is 0 Å². The Morgan fingerprint density at radius 1 is 0.867 bits per heavy atom. The van der Waals surface area contributed by atoms with Gasteiger partial charge in [-0.1, -0.05) is 91.0 Å². The molecule has 3 aromatic rings. The van der Waals surface area contributed by atoms with Crippen LogP contribution in [0.3, 0.4) is 0 Å². The van der Waals surface area contributed by atoms with E-state index in [4.69, 9.17) is 9.47 Å². The van der Waals surface area contributed by atoms with Gasteiger partial charge in [0.2, 0.25) is 0 Å². The summed E-state index contributed by atoms with van der Waals surface area (Å²) in [5.74, 6) is 0.0435. The zero-order valence-corrected chi connectivity index (χ0v) is 16.9. The lowest BCUT2D eigenvalue weighted by Crippen LogP contribution is -2.32. The van der Waals surface area contributed by atoms with Gasteiger partial charge in [-0.25, -0.2) is 4.79 Å². The topological polar surface area (TPSA) is 35.5 Å². The molecule has 1 saturated heterocycles. The molecule has 0 N–H and O–H groups in total. The Hall–Kier alpha value is -3.17. The Labute approximate surface area is 178 Å². The molecule has 0 bridgehead atoms. The van der Waals surface area contributed by atoms with Gasteiger partial charge in [0.1, 0.15) is 6.61 Å². The van der Waals surface area contributed by atoms with E-state index < -0.39 is 0 Å². The average molecular weight is 399 g/mol. The summed E-state index contributed by atoms with van der Waals surface area (Å²) in [5.41, 5.74) is 2.91. The van der Waals surface area contributed by atoms with Crippen molar-refractivity contribution < 1.29 is 14.3 Å². The van der Waals surface area contributed by atoms with Crippen LogP contribution in [0.4, 0.5) is 0 Å². The second-order valence-electron chi connectivity index (χ2n) is 7.62. The van der Waals surface area contributed by atoms with Crippen LogP contribution in [-0.2, 0) is 9.47 Å². The largest absolute Gasteiger partial charge is 0.459 e. The Morgan fingerprint density at radius 3 is 2.20 bits per heavy atom. The minimum atomic E-state index is -0.308. The fourth-order valence-corrected chi connectivity index (χ4v) is 3.84. The van der Waals surface area contributed by atoms with Crippen molar-refractivity contribution in [3.8, 4) is 0 Å². The van der Waals surface area contributed by atoms with Crippen molar-refractivity contribution in [1.82, 2.24) is 0 Å². The number of carbonyl (C=O) groups excluding carboxylic acids is 1. The molecule has 30 heavy (non-hydrogen) atoms. The van der Waals surface area contributed by atoms with Crippen LogP contribution in [-0.4, -0.2) is 18.7 Å². The van der Waals surface area contributed by atoms with E-state index >= 15 is 0 Å². The lowest BCUT2D eigenvalue weighted by atomic mass is 9.88. The zero-order valence-electron chi connectivity index (χ0n) is 16.9. The molecule has 0 amide bonds. The van der Waals surface area contributed by atoms with Crippen LogP contribution in [0.1, 0.15) is 40.4 Å². The lowest BCUT2D eigenvalue weighted by Gasteiger charge is -2.34. The van der Waals surface area contributed by atoms with Gasteiger partial charge >= 0.3 is 5.97 Å². The van der Waals surface area contributed by atoms with E-state index in [9.17, 15) is 4.79 Å². The predicted molar refractivity (Wildman–Crippen MR) is 119 cm³/mol. The molecular formula is C27H26O3. The van der Waals surface area contributed by atoms with Crippen LogP contribution < -0.4 is 0 Å². The van der Waals surface area contributed by atoms with Gasteiger partial charge in [-0.15, -0.1) is 0 Å². The number of esters is 1. The number of allylic oxidation sites excluding steroid dienone is 1. The van der Waals surface area contributed by atoms with Gasteiger partial charge in [0.15, 0.2) is 0 Å². The van der Waals surface area contributed by atoms with Crippen molar-refractivity contribution in [2.75, 3.05) is 6.61 Å². The number of hydrogen-bond acceptors (Lipinski definition) is 3. The molecule has 0 spiro atoms. The van der Waals surface area contributed by atoms with Gasteiger partial charge < -0.3 is 9.47 Å². The lowest BCUT2D eigenvalue weighted by molar-refractivity contribution is -0.0894. The molecule has 1 aliphatic heterocycles. The first-order valence-corrected chi connectivity index (χ1v) is 10.4. The van der Waals surface area contributed by atoms with Crippen molar-refractivity contribution >= 4 is 12.0 Å². The quantitative estimate of drug-likeness (QED) is 0.471. The molecule has 0 aliphatic carbocycles. The van der Waals surface area contributed by atoms with E-state index in [1.165, 1.54) is 5.56 Å². The summed E-state index contributed by atoms with van der Waals surface area (Å²) in [6.07, 6.45) is 6.03. The van der Waals surface area contributed by atoms with Crippen LogP contribution in [0.25, 0.3) is 6.08 Å². The summed E-state index contributed by atoms with van der Waals surface area (Å²) in [5, 5.41) is 0. The van der Waals surface area contributed by atoms with Crippen molar-refractivity contribution in [2.45, 2.75) is 25.0 Å². The van der Waals surface area contributed by atoms with E-state index in [-0.39, 0.29) is 24.8 Å². The van der Waals surface area contributed by atoms with Gasteiger partial charge in [-0.3, -0.25) is 0 Å². The number of rotatable bonds is 6. The molecule has 0 saturated carbocycles. The summed E-state index contributed by atoms with van der Waals surface area (Å²) in [7, 11) is 0. The summed E-state index contributed by atoms with van der Waals surface area (Å²) in [6, 6.07) is 29.7. The first-order chi connectivity index (χ1) is 14.8. The SMILES string of the molecule is O=C(OC[C@@H]1C[C@@H](/C=C/c2ccccc2)C[C@H](c2ccccc2)O1)c1ccccc1. The Balaban J connectivity index is 1.45. The van der Waals surface area contributed by atoms with Crippen LogP contribution in [0.5, 0.6) is 0 Å². The standard InChI is InChI=1S/C27H26O3/c28-27(24-14-8-3-9-15-24)29-20-25-18-22(17-16-21-10-4-1-5-11-21)19-26(30-25)23-12-6-2-7-13-23/h1-17,22,25-26H,18-20H2/b17-16+/t22-,25+,26-/m1/s1. The maximum absolute atomic E-state index is 12.3. The summed E-state index contributed by atoms with van der Waals surface area (Å²) in [6.45, 7) is 0.257. The van der Waals surface area contributed by atoms with Crippen molar-refractivity contribution in [3.05, 3.63) is 114 Å². The smallest absolute Gasteiger partial charge is 0.338 e. The Kier molecular flexibility index (Phi) is 6.73. The number of benzene rings is 3. The molecule has 3 heteroatoms. The van der Waals surface area contributed by atoms with E-state index in [1.54, 1.807) is 12.1 Å². The monoisotopic (exact) mass is 398 g/mol. The second-order valence-corrected chi connectivity index (χ2v) is 7.62. The summed E-state index contributed by atoms with van der Waals surface area (Å²) in [4.78, 5) is 12.3. The van der Waals surface area contributed by atoms with Crippen LogP contribution in [0.2, 0.25) is 0 Å². The fraction of sp³-hybridized carbons (Fsp3) is 0.222. The van der Waals surface area contributed by atoms with Crippen molar-refractivity contribution in [1.29, 1.82) is 0 Å². The third-order valence-electron chi connectivity index (χ3n) is 5.38. The second kappa shape index (κ2) is 10.0. The van der Waals surface area contributed by atoms with E-state index in [1.807, 2.05) is 54.6 Å². The van der Waals surface area contributed by atoms with Gasteiger partial charge in [-0.2, -0.15) is 0 Å². The molecule has 3 atom stereocenters. The molecule has 1 aliphatic rings. The zero-order chi connectivity index (χ0) is 20.6. The normalized spacial score (nSPS) is 21.4. The third-order valence-corrected chi connectivity index (χ3v) is 5.38. The number of hydrogen-bond donors (Lipinski definition) is 0. The fourth-order valence-electron chi connectivity index (χ4n) is 3.84. The molecule has 4 rings (SSSR count). The molecule has 3 nitrogen and oxygen atoms in total. The van der Waals surface area contributed by atoms with E-state index in [0.29, 0.717) is 11.5 Å². The van der Waals surface area contributed by atoms with E-state index in [0.717, 1.165) is 18.4 Å². The summed E-state index contributed by atoms with van der Waals surface area (Å²) >= 11 is 0. The molecule has 0 aromatic heterocycles. The van der Waals surface area contributed by atoms with Crippen molar-refractivity contribution in [3.63, 3.8) is 0 Å². The molecule has 1 fully saturated rings. The highest BCUT2D eigenvalue weighted by atomic mass is 16.6. The van der Waals surface area contributed by atoms with Gasteiger partial charge in [0.05, 0.1) is 17.8 Å². The summed E-state index contributed by atoms with van der Waals surface area (Å²) < 4.78 is 11.9.